The van der Waals surface area contributed by atoms with E-state index in [1.54, 1.807) is 6.42 Å². The Kier molecular flexibility index (Phi) is 6.50. The topological polar surface area (TPSA) is 23.8 Å². The molecule has 178 valence electrons. The van der Waals surface area contributed by atoms with Gasteiger partial charge in [-0.1, -0.05) is 70.4 Å². The molecule has 0 spiro atoms. The van der Waals surface area contributed by atoms with E-state index in [4.69, 9.17) is 0 Å². The number of rotatable bonds is 5. The van der Waals surface area contributed by atoms with E-state index in [1.165, 1.54) is 64.2 Å². The molecule has 0 heterocycles. The van der Waals surface area contributed by atoms with Crippen molar-refractivity contribution in [3.05, 3.63) is 41.5 Å². The maximum Gasteiger partial charge on any atom is 0.0997 e. The van der Waals surface area contributed by atoms with Gasteiger partial charge >= 0.3 is 0 Å². The summed E-state index contributed by atoms with van der Waals surface area (Å²) in [5.41, 5.74) is 3.06. The summed E-state index contributed by atoms with van der Waals surface area (Å²) in [4.78, 5) is 0. The Bertz CT molecular complexity index is 907. The molecule has 0 aromatic heterocycles. The predicted octanol–water partition coefficient (Wildman–Crippen LogP) is 9.04. The van der Waals surface area contributed by atoms with Gasteiger partial charge in [-0.05, 0) is 116 Å². The molecule has 0 bridgehead atoms. The minimum absolute atomic E-state index is 0.565. The second-order valence-corrected chi connectivity index (χ2v) is 12.6. The quantitative estimate of drug-likeness (QED) is 0.445. The van der Waals surface area contributed by atoms with E-state index < -0.39 is 0 Å². The average Bonchev–Trinajstić information content (AvgIpc) is 3.17. The molecule has 1 aromatic carbocycles. The Hall–Kier alpha value is -1.55. The fourth-order valence-electron chi connectivity index (χ4n) is 9.85. The van der Waals surface area contributed by atoms with Crippen molar-refractivity contribution in [2.75, 3.05) is 0 Å². The molecule has 4 fully saturated rings. The molecule has 1 nitrogen and oxygen atoms in total. The summed E-state index contributed by atoms with van der Waals surface area (Å²) in [6, 6.07) is 10.3. The van der Waals surface area contributed by atoms with Crippen molar-refractivity contribution in [2.45, 2.75) is 97.8 Å². The van der Waals surface area contributed by atoms with Crippen LogP contribution in [0.1, 0.15) is 109 Å². The maximum atomic E-state index is 9.35. The molecule has 0 amide bonds. The third-order valence-corrected chi connectivity index (χ3v) is 11.5. The normalized spacial score (nSPS) is 42.4. The molecule has 4 aliphatic carbocycles. The van der Waals surface area contributed by atoms with Gasteiger partial charge in [0.1, 0.15) is 0 Å². The number of hydrogen-bond acceptors (Lipinski definition) is 1. The Morgan fingerprint density at radius 1 is 0.970 bits per heavy atom. The van der Waals surface area contributed by atoms with Crippen LogP contribution in [0.5, 0.6) is 0 Å². The Morgan fingerprint density at radius 2 is 1.79 bits per heavy atom. The second-order valence-electron chi connectivity index (χ2n) is 12.6. The minimum atomic E-state index is 0.565. The van der Waals surface area contributed by atoms with Crippen LogP contribution < -0.4 is 0 Å². The lowest BCUT2D eigenvalue weighted by Gasteiger charge is -2.62. The number of allylic oxidation sites excluding steroid dienone is 1. The molecule has 0 saturated heterocycles. The lowest BCUT2D eigenvalue weighted by molar-refractivity contribution is -0.135. The van der Waals surface area contributed by atoms with Crippen molar-refractivity contribution in [3.63, 3.8) is 0 Å². The van der Waals surface area contributed by atoms with Gasteiger partial charge in [-0.3, -0.25) is 0 Å². The molecular weight excluding hydrogens is 398 g/mol. The van der Waals surface area contributed by atoms with E-state index in [9.17, 15) is 5.26 Å². The number of benzene rings is 1. The molecule has 0 N–H and O–H groups in total. The van der Waals surface area contributed by atoms with E-state index in [1.807, 2.05) is 18.2 Å². The summed E-state index contributed by atoms with van der Waals surface area (Å²) in [5, 5.41) is 9.35. The molecule has 0 aliphatic heterocycles. The first-order valence-corrected chi connectivity index (χ1v) is 14.2. The fourth-order valence-corrected chi connectivity index (χ4v) is 9.85. The molecule has 5 rings (SSSR count). The van der Waals surface area contributed by atoms with Crippen molar-refractivity contribution >= 4 is 6.08 Å². The van der Waals surface area contributed by atoms with Crippen LogP contribution in [0, 0.1) is 57.7 Å². The summed E-state index contributed by atoms with van der Waals surface area (Å²) in [5.74, 6) is 5.86. The van der Waals surface area contributed by atoms with E-state index in [-0.39, 0.29) is 0 Å². The van der Waals surface area contributed by atoms with Crippen LogP contribution in [-0.4, -0.2) is 0 Å². The van der Waals surface area contributed by atoms with Gasteiger partial charge in [0, 0.05) is 0 Å². The lowest BCUT2D eigenvalue weighted by Crippen LogP contribution is -2.55. The Morgan fingerprint density at radius 3 is 2.61 bits per heavy atom. The monoisotopic (exact) mass is 443 g/mol. The highest BCUT2D eigenvalue weighted by Gasteiger charge is 2.60. The van der Waals surface area contributed by atoms with Crippen molar-refractivity contribution in [2.24, 2.45) is 46.3 Å². The minimum Gasteiger partial charge on any atom is -0.192 e. The largest absolute Gasteiger partial charge is 0.192 e. The van der Waals surface area contributed by atoms with Gasteiger partial charge in [0.2, 0.25) is 0 Å². The lowest BCUT2D eigenvalue weighted by atomic mass is 9.42. The van der Waals surface area contributed by atoms with Crippen LogP contribution in [-0.2, 0) is 0 Å². The van der Waals surface area contributed by atoms with Crippen LogP contribution in [0.25, 0.3) is 6.08 Å². The Labute approximate surface area is 203 Å². The molecule has 33 heavy (non-hydrogen) atoms. The van der Waals surface area contributed by atoms with Gasteiger partial charge in [-0.2, -0.15) is 5.26 Å². The van der Waals surface area contributed by atoms with Crippen LogP contribution in [0.2, 0.25) is 0 Å². The summed E-state index contributed by atoms with van der Waals surface area (Å²) in [6.45, 7) is 7.90. The van der Waals surface area contributed by atoms with E-state index in [2.05, 4.69) is 45.1 Å². The number of nitriles is 1. The van der Waals surface area contributed by atoms with Gasteiger partial charge in [0.15, 0.2) is 0 Å². The number of hydrogen-bond donors (Lipinski definition) is 0. The number of fused-ring (bicyclic) bond motifs is 5. The van der Waals surface area contributed by atoms with Crippen LogP contribution in [0.4, 0.5) is 0 Å². The van der Waals surface area contributed by atoms with Crippen LogP contribution in [0.15, 0.2) is 30.3 Å². The summed E-state index contributed by atoms with van der Waals surface area (Å²) < 4.78 is 0. The van der Waals surface area contributed by atoms with E-state index in [0.29, 0.717) is 10.8 Å². The van der Waals surface area contributed by atoms with E-state index in [0.717, 1.165) is 53.1 Å². The molecular formula is C32H45N. The summed E-state index contributed by atoms with van der Waals surface area (Å²) in [7, 11) is 0. The van der Waals surface area contributed by atoms with Crippen molar-refractivity contribution in [1.29, 1.82) is 5.26 Å². The van der Waals surface area contributed by atoms with Crippen molar-refractivity contribution in [1.82, 2.24) is 0 Å². The fraction of sp³-hybridized carbons (Fsp3) is 0.719. The molecule has 4 saturated carbocycles. The standard InChI is InChI=1S/C32H45N/c1-4-23-21-27-29-17-16-26(14-8-7-12-24-11-5-6-13-25(24)22-33)31(29,2)20-18-30(27)32(3)19-10-9-15-28(23)32/h5-7,11-13,23,26-30H,4,8-10,14-21H2,1-3H3/b12-7+/t23-,26-,27?,28?,29?,30-,31?,32?/m0/s1. The first-order chi connectivity index (χ1) is 16.0. The zero-order chi connectivity index (χ0) is 23.1. The third-order valence-electron chi connectivity index (χ3n) is 11.5. The number of nitrogens with zero attached hydrogens (tertiary/aromatic N) is 1. The zero-order valence-corrected chi connectivity index (χ0v) is 21.4. The van der Waals surface area contributed by atoms with Crippen molar-refractivity contribution < 1.29 is 0 Å². The maximum absolute atomic E-state index is 9.35. The highest BCUT2D eigenvalue weighted by Crippen LogP contribution is 2.69. The molecule has 4 aliphatic rings. The molecule has 0 radical (unpaired) electrons. The third kappa shape index (κ3) is 3.90. The Balaban J connectivity index is 1.28. The summed E-state index contributed by atoms with van der Waals surface area (Å²) in [6.07, 6.45) is 21.9. The van der Waals surface area contributed by atoms with Gasteiger partial charge in [0.05, 0.1) is 11.6 Å². The first kappa shape index (κ1) is 23.2. The zero-order valence-electron chi connectivity index (χ0n) is 21.4. The van der Waals surface area contributed by atoms with Gasteiger partial charge in [-0.25, -0.2) is 0 Å². The predicted molar refractivity (Wildman–Crippen MR) is 138 cm³/mol. The van der Waals surface area contributed by atoms with Crippen molar-refractivity contribution in [3.8, 4) is 6.07 Å². The SMILES string of the molecule is CC[C@H]1CC2C3CC[C@H](CC/C=C/c4ccccc4C#N)C3(C)CC[C@@H]2C2(C)CCCCC12. The second kappa shape index (κ2) is 9.24. The average molecular weight is 444 g/mol. The van der Waals surface area contributed by atoms with Crippen LogP contribution >= 0.6 is 0 Å². The highest BCUT2D eigenvalue weighted by atomic mass is 14.7. The van der Waals surface area contributed by atoms with Crippen LogP contribution in [0.3, 0.4) is 0 Å². The van der Waals surface area contributed by atoms with Gasteiger partial charge < -0.3 is 0 Å². The smallest absolute Gasteiger partial charge is 0.0997 e. The van der Waals surface area contributed by atoms with E-state index >= 15 is 0 Å². The first-order valence-electron chi connectivity index (χ1n) is 14.2. The molecule has 1 heteroatoms. The van der Waals surface area contributed by atoms with Gasteiger partial charge in [-0.15, -0.1) is 0 Å². The molecule has 1 aromatic rings. The molecule has 5 unspecified atom stereocenters. The highest BCUT2D eigenvalue weighted by molar-refractivity contribution is 5.57. The molecule has 8 atom stereocenters. The summed E-state index contributed by atoms with van der Waals surface area (Å²) >= 11 is 0. The van der Waals surface area contributed by atoms with Gasteiger partial charge in [0.25, 0.3) is 0 Å².